The van der Waals surface area contributed by atoms with Gasteiger partial charge < -0.3 is 23.9 Å². The molecule has 1 fully saturated rings. The number of benzene rings is 1. The predicted molar refractivity (Wildman–Crippen MR) is 86.5 cm³/mol. The van der Waals surface area contributed by atoms with E-state index in [0.29, 0.717) is 18.1 Å². The van der Waals surface area contributed by atoms with Gasteiger partial charge in [-0.15, -0.1) is 0 Å². The van der Waals surface area contributed by atoms with Crippen molar-refractivity contribution in [3.05, 3.63) is 18.2 Å². The molecule has 1 N–H and O–H groups in total. The Morgan fingerprint density at radius 1 is 1.13 bits per heavy atom. The molecular weight excluding hydrogens is 299 g/mol. The summed E-state index contributed by atoms with van der Waals surface area (Å²) in [6, 6.07) is 5.24. The Morgan fingerprint density at radius 3 is 2.26 bits per heavy atom. The van der Waals surface area contributed by atoms with Gasteiger partial charge in [0.05, 0.1) is 17.8 Å². The lowest BCUT2D eigenvalue weighted by atomic mass is 9.79. The third-order valence-corrected chi connectivity index (χ3v) is 4.14. The van der Waals surface area contributed by atoms with Crippen LogP contribution in [0.15, 0.2) is 18.2 Å². The molecule has 7 heteroatoms. The minimum Gasteiger partial charge on any atom is -0.490 e. The molecule has 0 amide bonds. The molecule has 23 heavy (non-hydrogen) atoms. The van der Waals surface area contributed by atoms with Crippen molar-refractivity contribution in [3.8, 4) is 11.5 Å². The van der Waals surface area contributed by atoms with Crippen LogP contribution < -0.4 is 14.9 Å². The average molecular weight is 322 g/mol. The van der Waals surface area contributed by atoms with Gasteiger partial charge >= 0.3 is 13.1 Å². The number of hydrogen-bond acceptors (Lipinski definition) is 5. The second-order valence-electron chi connectivity index (χ2n) is 6.41. The summed E-state index contributed by atoms with van der Waals surface area (Å²) < 4.78 is 22.8. The standard InChI is InChI=1S/C16H23BO6/c1-6-20-13-9-11(7-8-12(13)21-10-14(18)19)17-22-15(2,3)16(4,5)23-17/h7-9H,6,10H2,1-5H3,(H,18,19). The Labute approximate surface area is 136 Å². The smallest absolute Gasteiger partial charge is 0.490 e. The van der Waals surface area contributed by atoms with Gasteiger partial charge in [-0.3, -0.25) is 0 Å². The predicted octanol–water partition coefficient (Wildman–Crippen LogP) is 1.85. The number of carboxylic acids is 1. The van der Waals surface area contributed by atoms with Gasteiger partial charge in [0, 0.05) is 0 Å². The molecule has 6 nitrogen and oxygen atoms in total. The minimum atomic E-state index is -1.04. The van der Waals surface area contributed by atoms with Crippen LogP contribution in [0.2, 0.25) is 0 Å². The van der Waals surface area contributed by atoms with E-state index < -0.39 is 30.9 Å². The zero-order chi connectivity index (χ0) is 17.3. The van der Waals surface area contributed by atoms with E-state index in [4.69, 9.17) is 23.9 Å². The van der Waals surface area contributed by atoms with E-state index >= 15 is 0 Å². The lowest BCUT2D eigenvalue weighted by Crippen LogP contribution is -2.41. The Morgan fingerprint density at radius 2 is 1.74 bits per heavy atom. The van der Waals surface area contributed by atoms with Crippen LogP contribution in [0.5, 0.6) is 11.5 Å². The zero-order valence-electron chi connectivity index (χ0n) is 14.2. The monoisotopic (exact) mass is 322 g/mol. The van der Waals surface area contributed by atoms with Gasteiger partial charge in [0.15, 0.2) is 18.1 Å². The average Bonchev–Trinajstić information content (AvgIpc) is 2.66. The summed E-state index contributed by atoms with van der Waals surface area (Å²) in [5.41, 5.74) is -0.0566. The SMILES string of the molecule is CCOc1cc(B2OC(C)(C)C(C)(C)O2)ccc1OCC(=O)O. The molecule has 0 radical (unpaired) electrons. The molecule has 126 valence electrons. The van der Waals surface area contributed by atoms with E-state index in [1.807, 2.05) is 34.6 Å². The normalized spacial score (nSPS) is 18.7. The van der Waals surface area contributed by atoms with Crippen LogP contribution in [0.25, 0.3) is 0 Å². The first kappa shape index (κ1) is 17.6. The fraction of sp³-hybridized carbons (Fsp3) is 0.562. The lowest BCUT2D eigenvalue weighted by Gasteiger charge is -2.32. The summed E-state index contributed by atoms with van der Waals surface area (Å²) in [6.07, 6.45) is 0. The molecule has 1 aromatic carbocycles. The second kappa shape index (κ2) is 6.41. The van der Waals surface area contributed by atoms with E-state index in [2.05, 4.69) is 0 Å². The Bertz CT molecular complexity index is 568. The highest BCUT2D eigenvalue weighted by molar-refractivity contribution is 6.62. The molecule has 0 aliphatic carbocycles. The first-order valence-corrected chi connectivity index (χ1v) is 7.63. The van der Waals surface area contributed by atoms with Crippen LogP contribution in [0.3, 0.4) is 0 Å². The maximum Gasteiger partial charge on any atom is 0.494 e. The van der Waals surface area contributed by atoms with Gasteiger partial charge in [-0.05, 0) is 52.2 Å². The Balaban J connectivity index is 2.24. The van der Waals surface area contributed by atoms with Crippen molar-refractivity contribution in [1.29, 1.82) is 0 Å². The second-order valence-corrected chi connectivity index (χ2v) is 6.41. The summed E-state index contributed by atoms with van der Waals surface area (Å²) in [5.74, 6) is -0.182. The number of rotatable bonds is 6. The van der Waals surface area contributed by atoms with Crippen LogP contribution in [-0.4, -0.2) is 42.6 Å². The number of hydrogen-bond donors (Lipinski definition) is 1. The van der Waals surface area contributed by atoms with Gasteiger partial charge in [-0.1, -0.05) is 6.07 Å². The molecule has 0 unspecified atom stereocenters. The van der Waals surface area contributed by atoms with Crippen molar-refractivity contribution >= 4 is 18.6 Å². The molecule has 0 saturated carbocycles. The molecule has 0 spiro atoms. The molecule has 0 atom stereocenters. The van der Waals surface area contributed by atoms with Gasteiger partial charge in [0.2, 0.25) is 0 Å². The number of carbonyl (C=O) groups is 1. The minimum absolute atomic E-state index is 0.384. The molecule has 1 saturated heterocycles. The van der Waals surface area contributed by atoms with E-state index in [1.54, 1.807) is 18.2 Å². The van der Waals surface area contributed by atoms with Crippen LogP contribution in [0.4, 0.5) is 0 Å². The summed E-state index contributed by atoms with van der Waals surface area (Å²) in [6.45, 7) is 9.82. The maximum absolute atomic E-state index is 10.7. The maximum atomic E-state index is 10.7. The number of aliphatic carboxylic acids is 1. The largest absolute Gasteiger partial charge is 0.494 e. The van der Waals surface area contributed by atoms with Crippen molar-refractivity contribution < 1.29 is 28.7 Å². The molecule has 1 aliphatic rings. The van der Waals surface area contributed by atoms with Gasteiger partial charge in [0.1, 0.15) is 0 Å². The lowest BCUT2D eigenvalue weighted by molar-refractivity contribution is -0.139. The van der Waals surface area contributed by atoms with Crippen molar-refractivity contribution in [2.24, 2.45) is 0 Å². The fourth-order valence-electron chi connectivity index (χ4n) is 2.18. The topological polar surface area (TPSA) is 74.2 Å². The third kappa shape index (κ3) is 3.79. The van der Waals surface area contributed by atoms with Crippen LogP contribution in [0, 0.1) is 0 Å². The summed E-state index contributed by atoms with van der Waals surface area (Å²) in [4.78, 5) is 10.7. The van der Waals surface area contributed by atoms with E-state index in [-0.39, 0.29) is 0 Å². The molecule has 1 aliphatic heterocycles. The highest BCUT2D eigenvalue weighted by Gasteiger charge is 2.51. The summed E-state index contributed by atoms with van der Waals surface area (Å²) >= 11 is 0. The zero-order valence-corrected chi connectivity index (χ0v) is 14.2. The van der Waals surface area contributed by atoms with Crippen LogP contribution >= 0.6 is 0 Å². The van der Waals surface area contributed by atoms with Crippen molar-refractivity contribution in [2.45, 2.75) is 45.8 Å². The van der Waals surface area contributed by atoms with Crippen molar-refractivity contribution in [3.63, 3.8) is 0 Å². The first-order valence-electron chi connectivity index (χ1n) is 7.63. The first-order chi connectivity index (χ1) is 10.7. The fourth-order valence-corrected chi connectivity index (χ4v) is 2.18. The quantitative estimate of drug-likeness (QED) is 0.806. The van der Waals surface area contributed by atoms with Gasteiger partial charge in [-0.2, -0.15) is 0 Å². The van der Waals surface area contributed by atoms with E-state index in [0.717, 1.165) is 5.46 Å². The Hall–Kier alpha value is -1.73. The molecule has 0 bridgehead atoms. The van der Waals surface area contributed by atoms with Gasteiger partial charge in [0.25, 0.3) is 0 Å². The van der Waals surface area contributed by atoms with Crippen molar-refractivity contribution in [2.75, 3.05) is 13.2 Å². The van der Waals surface area contributed by atoms with Crippen molar-refractivity contribution in [1.82, 2.24) is 0 Å². The Kier molecular flexibility index (Phi) is 4.91. The summed E-state index contributed by atoms with van der Waals surface area (Å²) in [5, 5.41) is 8.73. The molecule has 2 rings (SSSR count). The molecule has 1 aromatic rings. The van der Waals surface area contributed by atoms with Crippen LogP contribution in [-0.2, 0) is 14.1 Å². The molecular formula is C16H23BO6. The third-order valence-electron chi connectivity index (χ3n) is 4.14. The highest BCUT2D eigenvalue weighted by atomic mass is 16.7. The van der Waals surface area contributed by atoms with E-state index in [9.17, 15) is 4.79 Å². The molecule has 1 heterocycles. The van der Waals surface area contributed by atoms with Gasteiger partial charge in [-0.25, -0.2) is 4.79 Å². The highest BCUT2D eigenvalue weighted by Crippen LogP contribution is 2.37. The van der Waals surface area contributed by atoms with Crippen LogP contribution in [0.1, 0.15) is 34.6 Å². The van der Waals surface area contributed by atoms with E-state index in [1.165, 1.54) is 0 Å². The molecule has 0 aromatic heterocycles. The summed E-state index contributed by atoms with van der Waals surface area (Å²) in [7, 11) is -0.507. The number of carboxylic acid groups (broad SMARTS) is 1. The number of ether oxygens (including phenoxy) is 2.